The molecule has 5 heteroatoms. The van der Waals surface area contributed by atoms with Crippen LogP contribution in [0.4, 0.5) is 5.69 Å². The van der Waals surface area contributed by atoms with Crippen molar-refractivity contribution in [2.24, 2.45) is 0 Å². The van der Waals surface area contributed by atoms with Gasteiger partial charge in [0, 0.05) is 34.0 Å². The first-order chi connectivity index (χ1) is 9.65. The zero-order valence-electron chi connectivity index (χ0n) is 11.1. The number of halogens is 1. The molecule has 1 unspecified atom stereocenters. The molecule has 1 aliphatic heterocycles. The maximum Gasteiger partial charge on any atom is 0.232 e. The van der Waals surface area contributed by atoms with Gasteiger partial charge in [0.1, 0.15) is 0 Å². The van der Waals surface area contributed by atoms with E-state index >= 15 is 0 Å². The summed E-state index contributed by atoms with van der Waals surface area (Å²) < 4.78 is 1.08. The Hall–Kier alpha value is -1.33. The Labute approximate surface area is 130 Å². The topological polar surface area (TPSA) is 32.3 Å². The zero-order chi connectivity index (χ0) is 14.1. The second-order valence-electron chi connectivity index (χ2n) is 4.95. The van der Waals surface area contributed by atoms with E-state index in [0.717, 1.165) is 15.7 Å². The Morgan fingerprint density at radius 1 is 1.50 bits per heavy atom. The first-order valence-electron chi connectivity index (χ1n) is 6.46. The summed E-state index contributed by atoms with van der Waals surface area (Å²) in [6.07, 6.45) is 0. The lowest BCUT2D eigenvalue weighted by molar-refractivity contribution is -0.131. The number of thiophene rings is 1. The number of hydrogen-bond acceptors (Lipinski definition) is 3. The average Bonchev–Trinajstić information content (AvgIpc) is 3.04. The largest absolute Gasteiger partial charge is 0.384 e. The molecule has 3 rings (SSSR count). The number of benzene rings is 1. The molecule has 1 aromatic heterocycles. The third kappa shape index (κ3) is 2.60. The van der Waals surface area contributed by atoms with Gasteiger partial charge in [-0.3, -0.25) is 4.79 Å². The average molecular weight is 351 g/mol. The van der Waals surface area contributed by atoms with Gasteiger partial charge in [-0.1, -0.05) is 18.2 Å². The van der Waals surface area contributed by atoms with Crippen LogP contribution < -0.4 is 5.32 Å². The van der Waals surface area contributed by atoms with E-state index in [9.17, 15) is 4.79 Å². The molecule has 0 saturated heterocycles. The van der Waals surface area contributed by atoms with Gasteiger partial charge in [-0.05, 0) is 33.6 Å². The Bertz CT molecular complexity index is 640. The van der Waals surface area contributed by atoms with Crippen molar-refractivity contribution in [3.8, 4) is 0 Å². The number of carbonyl (C=O) groups is 1. The van der Waals surface area contributed by atoms with Crippen molar-refractivity contribution in [1.82, 2.24) is 4.90 Å². The molecule has 1 N–H and O–H groups in total. The van der Waals surface area contributed by atoms with Crippen LogP contribution in [0.2, 0.25) is 0 Å². The monoisotopic (exact) mass is 350 g/mol. The number of para-hydroxylation sites is 1. The number of nitrogens with zero attached hydrogens (tertiary/aromatic N) is 1. The van der Waals surface area contributed by atoms with Crippen LogP contribution in [0.1, 0.15) is 16.4 Å². The summed E-state index contributed by atoms with van der Waals surface area (Å²) in [6, 6.07) is 10.1. The van der Waals surface area contributed by atoms with Crippen LogP contribution in [0, 0.1) is 0 Å². The number of carbonyl (C=O) groups excluding carboxylic acids is 1. The molecule has 0 fully saturated rings. The fraction of sp³-hybridized carbons (Fsp3) is 0.267. The number of fused-ring (bicyclic) bond motifs is 1. The Balaban J connectivity index is 1.73. The lowest BCUT2D eigenvalue weighted by Crippen LogP contribution is -2.31. The summed E-state index contributed by atoms with van der Waals surface area (Å²) in [5.41, 5.74) is 2.19. The van der Waals surface area contributed by atoms with E-state index in [1.807, 2.05) is 41.6 Å². The van der Waals surface area contributed by atoms with Crippen LogP contribution in [0.5, 0.6) is 0 Å². The predicted octanol–water partition coefficient (Wildman–Crippen LogP) is 3.68. The Morgan fingerprint density at radius 3 is 3.05 bits per heavy atom. The summed E-state index contributed by atoms with van der Waals surface area (Å²) in [4.78, 5) is 15.6. The summed E-state index contributed by atoms with van der Waals surface area (Å²) in [5.74, 6) is 0.103. The minimum absolute atomic E-state index is 0.0698. The zero-order valence-corrected chi connectivity index (χ0v) is 13.5. The van der Waals surface area contributed by atoms with Crippen molar-refractivity contribution in [1.29, 1.82) is 0 Å². The molecule has 2 heterocycles. The molecule has 2 aromatic rings. The van der Waals surface area contributed by atoms with Crippen molar-refractivity contribution in [3.63, 3.8) is 0 Å². The molecular weight excluding hydrogens is 336 g/mol. The van der Waals surface area contributed by atoms with E-state index in [0.29, 0.717) is 13.1 Å². The van der Waals surface area contributed by atoms with E-state index in [1.54, 1.807) is 11.3 Å². The number of amides is 1. The van der Waals surface area contributed by atoms with E-state index in [-0.39, 0.29) is 11.8 Å². The van der Waals surface area contributed by atoms with Gasteiger partial charge in [-0.15, -0.1) is 11.3 Å². The molecule has 104 valence electrons. The molecule has 3 nitrogen and oxygen atoms in total. The molecule has 0 aliphatic carbocycles. The lowest BCUT2D eigenvalue weighted by atomic mass is 10.00. The van der Waals surface area contributed by atoms with E-state index < -0.39 is 0 Å². The van der Waals surface area contributed by atoms with Gasteiger partial charge in [-0.2, -0.15) is 0 Å². The molecule has 0 spiro atoms. The molecule has 1 atom stereocenters. The summed E-state index contributed by atoms with van der Waals surface area (Å²) in [7, 11) is 1.87. The quantitative estimate of drug-likeness (QED) is 0.915. The van der Waals surface area contributed by atoms with Gasteiger partial charge in [-0.25, -0.2) is 0 Å². The van der Waals surface area contributed by atoms with Crippen LogP contribution in [-0.2, 0) is 11.3 Å². The van der Waals surface area contributed by atoms with Crippen molar-refractivity contribution in [2.45, 2.75) is 12.5 Å². The van der Waals surface area contributed by atoms with Crippen LogP contribution >= 0.6 is 27.3 Å². The summed E-state index contributed by atoms with van der Waals surface area (Å²) in [5, 5.41) is 5.34. The fourth-order valence-corrected chi connectivity index (χ4v) is 4.02. The van der Waals surface area contributed by atoms with Gasteiger partial charge in [0.25, 0.3) is 0 Å². The van der Waals surface area contributed by atoms with Crippen LogP contribution in [-0.4, -0.2) is 24.4 Å². The highest BCUT2D eigenvalue weighted by molar-refractivity contribution is 9.10. The standard InChI is InChI=1S/C15H15BrN2OS/c1-18(8-11-6-10(16)9-20-11)15(19)13-7-17-14-5-3-2-4-12(13)14/h2-6,9,13,17H,7-8H2,1H3. The third-order valence-electron chi connectivity index (χ3n) is 3.52. The van der Waals surface area contributed by atoms with Crippen LogP contribution in [0.25, 0.3) is 0 Å². The highest BCUT2D eigenvalue weighted by atomic mass is 79.9. The molecule has 1 aliphatic rings. The molecule has 1 aromatic carbocycles. The highest BCUT2D eigenvalue weighted by Crippen LogP contribution is 2.32. The van der Waals surface area contributed by atoms with Crippen molar-refractivity contribution in [3.05, 3.63) is 50.6 Å². The van der Waals surface area contributed by atoms with Crippen molar-refractivity contribution < 1.29 is 4.79 Å². The first kappa shape index (κ1) is 13.6. The Kier molecular flexibility index (Phi) is 3.81. The SMILES string of the molecule is CN(Cc1cc(Br)cs1)C(=O)C1CNc2ccccc21. The maximum absolute atomic E-state index is 12.6. The number of anilines is 1. The van der Waals surface area contributed by atoms with Crippen molar-refractivity contribution >= 4 is 38.9 Å². The second-order valence-corrected chi connectivity index (χ2v) is 6.86. The molecule has 0 radical (unpaired) electrons. The van der Waals surface area contributed by atoms with Crippen LogP contribution in [0.3, 0.4) is 0 Å². The fourth-order valence-electron chi connectivity index (χ4n) is 2.52. The Morgan fingerprint density at radius 2 is 2.30 bits per heavy atom. The van der Waals surface area contributed by atoms with E-state index in [2.05, 4.69) is 27.3 Å². The van der Waals surface area contributed by atoms with E-state index in [1.165, 1.54) is 4.88 Å². The molecule has 1 amide bonds. The van der Waals surface area contributed by atoms with Crippen molar-refractivity contribution in [2.75, 3.05) is 18.9 Å². The molecular formula is C15H15BrN2OS. The molecule has 0 bridgehead atoms. The van der Waals surface area contributed by atoms with E-state index in [4.69, 9.17) is 0 Å². The minimum Gasteiger partial charge on any atom is -0.384 e. The minimum atomic E-state index is -0.0698. The lowest BCUT2D eigenvalue weighted by Gasteiger charge is -2.20. The van der Waals surface area contributed by atoms with Gasteiger partial charge in [0.15, 0.2) is 0 Å². The van der Waals surface area contributed by atoms with Gasteiger partial charge >= 0.3 is 0 Å². The van der Waals surface area contributed by atoms with Gasteiger partial charge in [0.2, 0.25) is 5.91 Å². The molecule has 20 heavy (non-hydrogen) atoms. The first-order valence-corrected chi connectivity index (χ1v) is 8.13. The third-order valence-corrected chi connectivity index (χ3v) is 5.20. The number of likely N-dealkylation sites (N-methyl/N-ethyl adjacent to an activating group) is 1. The second kappa shape index (κ2) is 5.58. The van der Waals surface area contributed by atoms with Crippen LogP contribution in [0.15, 0.2) is 40.2 Å². The summed E-state index contributed by atoms with van der Waals surface area (Å²) in [6.45, 7) is 1.35. The number of hydrogen-bond donors (Lipinski definition) is 1. The predicted molar refractivity (Wildman–Crippen MR) is 86.2 cm³/mol. The smallest absolute Gasteiger partial charge is 0.232 e. The molecule has 0 saturated carbocycles. The maximum atomic E-state index is 12.6. The number of nitrogens with one attached hydrogen (secondary N) is 1. The number of rotatable bonds is 3. The highest BCUT2D eigenvalue weighted by Gasteiger charge is 2.30. The van der Waals surface area contributed by atoms with Gasteiger partial charge in [0.05, 0.1) is 12.5 Å². The van der Waals surface area contributed by atoms with Gasteiger partial charge < -0.3 is 10.2 Å². The summed E-state index contributed by atoms with van der Waals surface area (Å²) >= 11 is 5.11. The normalized spacial score (nSPS) is 16.6.